The lowest BCUT2D eigenvalue weighted by Crippen LogP contribution is -2.21. The number of rotatable bonds is 7. The Hall–Kier alpha value is -3.21. The van der Waals surface area contributed by atoms with Crippen LogP contribution in [-0.2, 0) is 9.59 Å². The number of nitrogens with zero attached hydrogens (tertiary/aromatic N) is 1. The maximum Gasteiger partial charge on any atom is 0.240 e. The molecule has 2 aromatic rings. The van der Waals surface area contributed by atoms with Crippen molar-refractivity contribution >= 4 is 29.3 Å². The predicted octanol–water partition coefficient (Wildman–Crippen LogP) is 3.92. The Balaban J connectivity index is 1.74. The Morgan fingerprint density at radius 2 is 1.73 bits per heavy atom. The number of benzene rings is 2. The van der Waals surface area contributed by atoms with Gasteiger partial charge in [-0.15, -0.1) is 0 Å². The summed E-state index contributed by atoms with van der Waals surface area (Å²) in [5, 5.41) is 6.79. The summed E-state index contributed by atoms with van der Waals surface area (Å²) in [5.41, 5.74) is 5.99. The first-order valence-corrected chi connectivity index (χ1v) is 8.46. The predicted molar refractivity (Wildman–Crippen MR) is 106 cm³/mol. The van der Waals surface area contributed by atoms with Crippen molar-refractivity contribution < 1.29 is 9.59 Å². The highest BCUT2D eigenvalue weighted by molar-refractivity contribution is 5.97. The highest BCUT2D eigenvalue weighted by Crippen LogP contribution is 2.10. The van der Waals surface area contributed by atoms with Crippen LogP contribution in [0.2, 0.25) is 0 Å². The number of amides is 2. The molecule has 5 nitrogen and oxygen atoms in total. The molecule has 0 aromatic heterocycles. The van der Waals surface area contributed by atoms with Gasteiger partial charge in [0.1, 0.15) is 0 Å². The highest BCUT2D eigenvalue weighted by Gasteiger charge is 2.07. The summed E-state index contributed by atoms with van der Waals surface area (Å²) in [4.78, 5) is 23.7. The van der Waals surface area contributed by atoms with E-state index in [0.717, 1.165) is 16.8 Å². The summed E-state index contributed by atoms with van der Waals surface area (Å²) in [7, 11) is 0. The van der Waals surface area contributed by atoms with E-state index in [1.807, 2.05) is 73.7 Å². The number of allylic oxidation sites excluding steroid dienone is 1. The fraction of sp³-hybridized carbons (Fsp3) is 0.190. The van der Waals surface area contributed by atoms with Crippen LogP contribution in [0.25, 0.3) is 6.08 Å². The molecule has 0 spiro atoms. The summed E-state index contributed by atoms with van der Waals surface area (Å²) in [5.74, 6) is -0.493. The fourth-order valence-corrected chi connectivity index (χ4v) is 2.20. The van der Waals surface area contributed by atoms with Crippen molar-refractivity contribution in [2.45, 2.75) is 26.7 Å². The monoisotopic (exact) mass is 349 g/mol. The normalized spacial score (nSPS) is 11.4. The zero-order valence-corrected chi connectivity index (χ0v) is 15.0. The number of aryl methyl sites for hydroxylation is 1. The van der Waals surface area contributed by atoms with Crippen molar-refractivity contribution in [3.8, 4) is 0 Å². The van der Waals surface area contributed by atoms with Crippen LogP contribution in [-0.4, -0.2) is 17.5 Å². The van der Waals surface area contributed by atoms with E-state index in [1.54, 1.807) is 6.92 Å². The van der Waals surface area contributed by atoms with Gasteiger partial charge in [0.15, 0.2) is 0 Å². The van der Waals surface area contributed by atoms with E-state index in [1.165, 1.54) is 0 Å². The van der Waals surface area contributed by atoms with Gasteiger partial charge in [-0.2, -0.15) is 5.10 Å². The van der Waals surface area contributed by atoms with E-state index in [9.17, 15) is 9.59 Å². The maximum atomic E-state index is 11.9. The molecule has 0 fully saturated rings. The van der Waals surface area contributed by atoms with E-state index in [0.29, 0.717) is 5.71 Å². The number of nitrogens with one attached hydrogen (secondary N) is 2. The quantitative estimate of drug-likeness (QED) is 0.587. The van der Waals surface area contributed by atoms with Crippen molar-refractivity contribution in [3.05, 3.63) is 71.8 Å². The number of hydrogen-bond acceptors (Lipinski definition) is 3. The molecular formula is C21H23N3O2. The second-order valence-corrected chi connectivity index (χ2v) is 5.95. The summed E-state index contributed by atoms with van der Waals surface area (Å²) < 4.78 is 0. The highest BCUT2D eigenvalue weighted by atomic mass is 16.2. The molecule has 0 aliphatic carbocycles. The van der Waals surface area contributed by atoms with Gasteiger partial charge in [-0.05, 0) is 43.2 Å². The molecule has 0 unspecified atom stereocenters. The van der Waals surface area contributed by atoms with Crippen LogP contribution in [0.1, 0.15) is 30.9 Å². The van der Waals surface area contributed by atoms with E-state index < -0.39 is 0 Å². The smallest absolute Gasteiger partial charge is 0.240 e. The number of hydrazone groups is 1. The third kappa shape index (κ3) is 7.13. The number of carbonyl (C=O) groups is 2. The van der Waals surface area contributed by atoms with Crippen LogP contribution >= 0.6 is 0 Å². The van der Waals surface area contributed by atoms with Crippen molar-refractivity contribution in [2.75, 3.05) is 5.32 Å². The van der Waals surface area contributed by atoms with Crippen LogP contribution in [0.15, 0.2) is 65.8 Å². The summed E-state index contributed by atoms with van der Waals surface area (Å²) in [6.45, 7) is 3.75. The average Bonchev–Trinajstić information content (AvgIpc) is 2.64. The Labute approximate surface area is 153 Å². The Kier molecular flexibility index (Phi) is 7.31. The molecule has 0 aliphatic rings. The lowest BCUT2D eigenvalue weighted by atomic mass is 10.2. The molecule has 26 heavy (non-hydrogen) atoms. The Bertz CT molecular complexity index is 811. The van der Waals surface area contributed by atoms with Crippen LogP contribution in [0.3, 0.4) is 0 Å². The average molecular weight is 349 g/mol. The molecule has 0 bridgehead atoms. The van der Waals surface area contributed by atoms with Crippen LogP contribution < -0.4 is 10.7 Å². The van der Waals surface area contributed by atoms with E-state index in [2.05, 4.69) is 15.8 Å². The Morgan fingerprint density at radius 1 is 1.00 bits per heavy atom. The minimum atomic E-state index is -0.295. The molecule has 2 N–H and O–H groups in total. The molecule has 134 valence electrons. The second kappa shape index (κ2) is 9.93. The largest absolute Gasteiger partial charge is 0.326 e. The molecular weight excluding hydrogens is 326 g/mol. The van der Waals surface area contributed by atoms with Gasteiger partial charge in [0.2, 0.25) is 11.8 Å². The van der Waals surface area contributed by atoms with Gasteiger partial charge in [0, 0.05) is 18.5 Å². The summed E-state index contributed by atoms with van der Waals surface area (Å²) in [6.07, 6.45) is 3.92. The molecule has 2 amide bonds. The van der Waals surface area contributed by atoms with E-state index in [4.69, 9.17) is 0 Å². The SMILES string of the molecule is CC(C=Cc1ccccc1)=NNC(=O)CCC(=O)Nc1cccc(C)c1. The van der Waals surface area contributed by atoms with Crippen LogP contribution in [0, 0.1) is 6.92 Å². The van der Waals surface area contributed by atoms with Gasteiger partial charge in [0.05, 0.1) is 5.71 Å². The first-order valence-electron chi connectivity index (χ1n) is 8.46. The summed E-state index contributed by atoms with van der Waals surface area (Å²) in [6, 6.07) is 17.3. The Morgan fingerprint density at radius 3 is 2.46 bits per heavy atom. The molecule has 0 heterocycles. The zero-order chi connectivity index (χ0) is 18.8. The number of hydrogen-bond donors (Lipinski definition) is 2. The molecule has 0 saturated heterocycles. The molecule has 5 heteroatoms. The van der Waals surface area contributed by atoms with Crippen molar-refractivity contribution in [1.29, 1.82) is 0 Å². The van der Waals surface area contributed by atoms with Gasteiger partial charge in [-0.25, -0.2) is 5.43 Å². The lowest BCUT2D eigenvalue weighted by Gasteiger charge is -2.05. The molecule has 0 radical (unpaired) electrons. The third-order valence-electron chi connectivity index (χ3n) is 3.55. The van der Waals surface area contributed by atoms with Crippen molar-refractivity contribution in [1.82, 2.24) is 5.43 Å². The van der Waals surface area contributed by atoms with Gasteiger partial charge in [-0.3, -0.25) is 9.59 Å². The summed E-state index contributed by atoms with van der Waals surface area (Å²) >= 11 is 0. The number of carbonyl (C=O) groups excluding carboxylic acids is 2. The molecule has 2 aromatic carbocycles. The molecule has 0 atom stereocenters. The lowest BCUT2D eigenvalue weighted by molar-refractivity contribution is -0.124. The van der Waals surface area contributed by atoms with Gasteiger partial charge >= 0.3 is 0 Å². The van der Waals surface area contributed by atoms with Crippen molar-refractivity contribution in [2.24, 2.45) is 5.10 Å². The minimum Gasteiger partial charge on any atom is -0.326 e. The molecule has 2 rings (SSSR count). The minimum absolute atomic E-state index is 0.0802. The van der Waals surface area contributed by atoms with Gasteiger partial charge in [-0.1, -0.05) is 48.5 Å². The molecule has 0 aliphatic heterocycles. The topological polar surface area (TPSA) is 70.6 Å². The third-order valence-corrected chi connectivity index (χ3v) is 3.55. The van der Waals surface area contributed by atoms with Gasteiger partial charge in [0.25, 0.3) is 0 Å². The number of anilines is 1. The second-order valence-electron chi connectivity index (χ2n) is 5.95. The van der Waals surface area contributed by atoms with E-state index >= 15 is 0 Å². The first-order chi connectivity index (χ1) is 12.5. The first kappa shape index (κ1) is 19.1. The van der Waals surface area contributed by atoms with Gasteiger partial charge < -0.3 is 5.32 Å². The fourth-order valence-electron chi connectivity index (χ4n) is 2.20. The van der Waals surface area contributed by atoms with Crippen molar-refractivity contribution in [3.63, 3.8) is 0 Å². The molecule has 0 saturated carbocycles. The van der Waals surface area contributed by atoms with Crippen LogP contribution in [0.5, 0.6) is 0 Å². The maximum absolute atomic E-state index is 11.9. The van der Waals surface area contributed by atoms with E-state index in [-0.39, 0.29) is 24.7 Å². The zero-order valence-electron chi connectivity index (χ0n) is 15.0. The standard InChI is InChI=1S/C21H23N3O2/c1-16-7-6-10-19(15-16)22-20(25)13-14-21(26)24-23-17(2)11-12-18-8-4-3-5-9-18/h3-12,15H,13-14H2,1-2H3,(H,22,25)(H,24,26). The van der Waals surface area contributed by atoms with Crippen LogP contribution in [0.4, 0.5) is 5.69 Å².